The topological polar surface area (TPSA) is 35.5 Å². The van der Waals surface area contributed by atoms with E-state index >= 15 is 0 Å². The summed E-state index contributed by atoms with van der Waals surface area (Å²) in [6.07, 6.45) is 0.516. The molecule has 1 rings (SSSR count). The maximum Gasteiger partial charge on any atom is 0.305 e. The van der Waals surface area contributed by atoms with E-state index in [1.807, 2.05) is 0 Å². The predicted octanol–water partition coefficient (Wildman–Crippen LogP) is 1.94. The van der Waals surface area contributed by atoms with Gasteiger partial charge in [-0.1, -0.05) is 6.07 Å². The van der Waals surface area contributed by atoms with Gasteiger partial charge in [0.25, 0.3) is 0 Å². The molecule has 0 atom stereocenters. The van der Waals surface area contributed by atoms with Crippen molar-refractivity contribution in [2.75, 3.05) is 14.2 Å². The largest absolute Gasteiger partial charge is 0.497 e. The lowest BCUT2D eigenvalue weighted by Gasteiger charge is -2.04. The first-order valence-corrected chi connectivity index (χ1v) is 4.56. The molecule has 0 saturated carbocycles. The molecule has 0 radical (unpaired) electrons. The number of carbonyl (C=O) groups excluding carboxylic acids is 1. The first-order chi connectivity index (χ1) is 7.17. The lowest BCUT2D eigenvalue weighted by molar-refractivity contribution is -0.140. The second-order valence-electron chi connectivity index (χ2n) is 3.03. The summed E-state index contributed by atoms with van der Waals surface area (Å²) in [5.41, 5.74) is 0.487. The Balaban J connectivity index is 2.66. The zero-order valence-corrected chi connectivity index (χ0v) is 8.75. The van der Waals surface area contributed by atoms with Crippen molar-refractivity contribution in [1.29, 1.82) is 0 Å². The van der Waals surface area contributed by atoms with E-state index in [-0.39, 0.29) is 18.2 Å². The fourth-order valence-electron chi connectivity index (χ4n) is 1.20. The third-order valence-electron chi connectivity index (χ3n) is 2.09. The molecule has 0 N–H and O–H groups in total. The summed E-state index contributed by atoms with van der Waals surface area (Å²) in [5.74, 6) is -0.238. The Morgan fingerprint density at radius 2 is 2.13 bits per heavy atom. The van der Waals surface area contributed by atoms with Crippen molar-refractivity contribution >= 4 is 5.97 Å². The number of hydrogen-bond acceptors (Lipinski definition) is 3. The van der Waals surface area contributed by atoms with Crippen LogP contribution < -0.4 is 4.74 Å². The molecule has 1 aromatic rings. The maximum atomic E-state index is 13.4. The number of halogens is 1. The van der Waals surface area contributed by atoms with Crippen LogP contribution in [0.4, 0.5) is 4.39 Å². The lowest BCUT2D eigenvalue weighted by Crippen LogP contribution is -2.03. The average Bonchev–Trinajstić information content (AvgIpc) is 2.26. The first kappa shape index (κ1) is 11.5. The van der Waals surface area contributed by atoms with Crippen molar-refractivity contribution in [3.63, 3.8) is 0 Å². The molecule has 0 fully saturated rings. The van der Waals surface area contributed by atoms with E-state index < -0.39 is 0 Å². The molecule has 0 bridgehead atoms. The molecule has 1 aromatic carbocycles. The third-order valence-corrected chi connectivity index (χ3v) is 2.09. The van der Waals surface area contributed by atoms with E-state index in [0.717, 1.165) is 0 Å². The van der Waals surface area contributed by atoms with Crippen LogP contribution in [0.15, 0.2) is 18.2 Å². The van der Waals surface area contributed by atoms with E-state index in [4.69, 9.17) is 4.74 Å². The van der Waals surface area contributed by atoms with Gasteiger partial charge in [-0.2, -0.15) is 0 Å². The molecule has 0 aliphatic rings. The highest BCUT2D eigenvalue weighted by molar-refractivity contribution is 5.69. The highest BCUT2D eigenvalue weighted by atomic mass is 19.1. The fraction of sp³-hybridized carbons (Fsp3) is 0.364. The first-order valence-electron chi connectivity index (χ1n) is 4.56. The molecule has 82 valence electrons. The minimum Gasteiger partial charge on any atom is -0.497 e. The Labute approximate surface area is 87.8 Å². The summed E-state index contributed by atoms with van der Waals surface area (Å²) in [7, 11) is 2.79. The molecule has 0 aliphatic heterocycles. The highest BCUT2D eigenvalue weighted by Gasteiger charge is 2.06. The Bertz CT molecular complexity index is 350. The Hall–Kier alpha value is -1.58. The van der Waals surface area contributed by atoms with Gasteiger partial charge in [0.05, 0.1) is 14.2 Å². The van der Waals surface area contributed by atoms with Crippen LogP contribution >= 0.6 is 0 Å². The molecule has 0 spiro atoms. The number of rotatable bonds is 4. The highest BCUT2D eigenvalue weighted by Crippen LogP contribution is 2.17. The minimum atomic E-state index is -0.363. The normalized spacial score (nSPS) is 9.80. The lowest BCUT2D eigenvalue weighted by atomic mass is 10.1. The molecular formula is C11H13FO3. The second-order valence-corrected chi connectivity index (χ2v) is 3.03. The van der Waals surface area contributed by atoms with Gasteiger partial charge in [-0.05, 0) is 18.1 Å². The summed E-state index contributed by atoms with van der Waals surface area (Å²) in [6, 6.07) is 4.57. The Morgan fingerprint density at radius 1 is 1.40 bits per heavy atom. The fourth-order valence-corrected chi connectivity index (χ4v) is 1.20. The van der Waals surface area contributed by atoms with Crippen LogP contribution in [0.1, 0.15) is 12.0 Å². The standard InChI is InChI=1S/C11H13FO3/c1-14-9-5-3-8(10(12)7-9)4-6-11(13)15-2/h3,5,7H,4,6H2,1-2H3. The molecule has 0 amide bonds. The van der Waals surface area contributed by atoms with Crippen LogP contribution in [0, 0.1) is 5.82 Å². The smallest absolute Gasteiger partial charge is 0.305 e. The van der Waals surface area contributed by atoms with Crippen LogP contribution in [0.3, 0.4) is 0 Å². The zero-order valence-electron chi connectivity index (χ0n) is 8.75. The van der Waals surface area contributed by atoms with Crippen molar-refractivity contribution in [3.8, 4) is 5.75 Å². The van der Waals surface area contributed by atoms with Crippen LogP contribution in [0.2, 0.25) is 0 Å². The predicted molar refractivity (Wildman–Crippen MR) is 53.3 cm³/mol. The SMILES string of the molecule is COC(=O)CCc1ccc(OC)cc1F. The van der Waals surface area contributed by atoms with E-state index in [9.17, 15) is 9.18 Å². The zero-order chi connectivity index (χ0) is 11.3. The summed E-state index contributed by atoms with van der Waals surface area (Å²) < 4.78 is 22.7. The molecule has 3 nitrogen and oxygen atoms in total. The van der Waals surface area contributed by atoms with Crippen molar-refractivity contribution in [3.05, 3.63) is 29.6 Å². The number of hydrogen-bond donors (Lipinski definition) is 0. The van der Waals surface area contributed by atoms with Crippen molar-refractivity contribution in [2.24, 2.45) is 0 Å². The molecule has 4 heteroatoms. The maximum absolute atomic E-state index is 13.4. The van der Waals surface area contributed by atoms with Gasteiger partial charge in [0.15, 0.2) is 0 Å². The van der Waals surface area contributed by atoms with E-state index in [1.165, 1.54) is 20.3 Å². The molecule has 0 saturated heterocycles. The monoisotopic (exact) mass is 212 g/mol. The van der Waals surface area contributed by atoms with E-state index in [2.05, 4.69) is 4.74 Å². The van der Waals surface area contributed by atoms with Gasteiger partial charge < -0.3 is 9.47 Å². The molecule has 0 aliphatic carbocycles. The summed E-state index contributed by atoms with van der Waals surface area (Å²) in [5, 5.41) is 0. The van der Waals surface area contributed by atoms with Crippen molar-refractivity contribution < 1.29 is 18.7 Å². The van der Waals surface area contributed by atoms with Gasteiger partial charge in [0, 0.05) is 12.5 Å². The van der Waals surface area contributed by atoms with Crippen LogP contribution in [-0.2, 0) is 16.0 Å². The second kappa shape index (κ2) is 5.34. The molecule has 15 heavy (non-hydrogen) atoms. The van der Waals surface area contributed by atoms with Crippen molar-refractivity contribution in [1.82, 2.24) is 0 Å². The van der Waals surface area contributed by atoms with Crippen molar-refractivity contribution in [2.45, 2.75) is 12.8 Å². The summed E-state index contributed by atoms with van der Waals surface area (Å²) >= 11 is 0. The Morgan fingerprint density at radius 3 is 2.67 bits per heavy atom. The van der Waals surface area contributed by atoms with Crippen LogP contribution in [0.25, 0.3) is 0 Å². The number of esters is 1. The minimum absolute atomic E-state index is 0.180. The number of aryl methyl sites for hydroxylation is 1. The van der Waals surface area contributed by atoms with E-state index in [0.29, 0.717) is 17.7 Å². The number of carbonyl (C=O) groups is 1. The summed E-state index contributed by atoms with van der Waals surface area (Å²) in [6.45, 7) is 0. The molecule has 0 heterocycles. The van der Waals surface area contributed by atoms with Gasteiger partial charge in [0.1, 0.15) is 11.6 Å². The van der Waals surface area contributed by atoms with Gasteiger partial charge in [0.2, 0.25) is 0 Å². The van der Waals surface area contributed by atoms with Gasteiger partial charge >= 0.3 is 5.97 Å². The van der Waals surface area contributed by atoms with Gasteiger partial charge in [-0.15, -0.1) is 0 Å². The van der Waals surface area contributed by atoms with E-state index in [1.54, 1.807) is 12.1 Å². The third kappa shape index (κ3) is 3.23. The summed E-state index contributed by atoms with van der Waals surface area (Å²) in [4.78, 5) is 10.9. The molecular weight excluding hydrogens is 199 g/mol. The number of methoxy groups -OCH3 is 2. The molecule has 0 unspecified atom stereocenters. The number of ether oxygens (including phenoxy) is 2. The Kier molecular flexibility index (Phi) is 4.09. The van der Waals surface area contributed by atoms with Crippen LogP contribution in [0.5, 0.6) is 5.75 Å². The van der Waals surface area contributed by atoms with Gasteiger partial charge in [-0.25, -0.2) is 4.39 Å². The number of benzene rings is 1. The van der Waals surface area contributed by atoms with Crippen LogP contribution in [-0.4, -0.2) is 20.2 Å². The quantitative estimate of drug-likeness (QED) is 0.715. The average molecular weight is 212 g/mol. The van der Waals surface area contributed by atoms with Gasteiger partial charge in [-0.3, -0.25) is 4.79 Å². The molecule has 0 aromatic heterocycles.